The van der Waals surface area contributed by atoms with E-state index in [9.17, 15) is 0 Å². The molecule has 0 amide bonds. The van der Waals surface area contributed by atoms with E-state index in [0.29, 0.717) is 5.89 Å². The maximum absolute atomic E-state index is 5.70. The standard InChI is InChI=1S/C14H24N4O2/c1-19-14(5-2-3-6-14)13-16-12(20-17-13)11-18-9-4-7-15-8-10-18/h15H,2-11H2,1H3. The number of nitrogens with zero attached hydrogens (tertiary/aromatic N) is 3. The second-order valence-electron chi connectivity index (χ2n) is 5.80. The van der Waals surface area contributed by atoms with Crippen LogP contribution in [0, 0.1) is 0 Å². The van der Waals surface area contributed by atoms with Crippen LogP contribution >= 0.6 is 0 Å². The maximum Gasteiger partial charge on any atom is 0.240 e. The van der Waals surface area contributed by atoms with Crippen molar-refractivity contribution in [3.63, 3.8) is 0 Å². The fraction of sp³-hybridized carbons (Fsp3) is 0.857. The Morgan fingerprint density at radius 1 is 1.25 bits per heavy atom. The highest BCUT2D eigenvalue weighted by molar-refractivity contribution is 5.04. The summed E-state index contributed by atoms with van der Waals surface area (Å²) in [5.41, 5.74) is -0.303. The van der Waals surface area contributed by atoms with Crippen LogP contribution in [-0.2, 0) is 16.9 Å². The van der Waals surface area contributed by atoms with Crippen molar-refractivity contribution >= 4 is 0 Å². The third kappa shape index (κ3) is 2.87. The molecule has 0 aromatic carbocycles. The van der Waals surface area contributed by atoms with E-state index in [1.807, 2.05) is 0 Å². The fourth-order valence-corrected chi connectivity index (χ4v) is 3.22. The van der Waals surface area contributed by atoms with E-state index in [4.69, 9.17) is 9.26 Å². The Balaban J connectivity index is 1.66. The molecule has 1 saturated carbocycles. The zero-order valence-corrected chi connectivity index (χ0v) is 12.2. The van der Waals surface area contributed by atoms with Gasteiger partial charge >= 0.3 is 0 Å². The van der Waals surface area contributed by atoms with Gasteiger partial charge in [-0.05, 0) is 45.2 Å². The van der Waals surface area contributed by atoms with Crippen molar-refractivity contribution in [1.29, 1.82) is 0 Å². The Morgan fingerprint density at radius 2 is 2.10 bits per heavy atom. The van der Waals surface area contributed by atoms with Gasteiger partial charge in [0.25, 0.3) is 0 Å². The second kappa shape index (κ2) is 6.20. The van der Waals surface area contributed by atoms with E-state index in [2.05, 4.69) is 20.4 Å². The van der Waals surface area contributed by atoms with Crippen molar-refractivity contribution in [3.05, 3.63) is 11.7 Å². The van der Waals surface area contributed by atoms with Gasteiger partial charge in [0.2, 0.25) is 11.7 Å². The van der Waals surface area contributed by atoms with Crippen LogP contribution in [-0.4, -0.2) is 48.3 Å². The lowest BCUT2D eigenvalue weighted by atomic mass is 10.0. The van der Waals surface area contributed by atoms with E-state index in [0.717, 1.165) is 51.4 Å². The van der Waals surface area contributed by atoms with Crippen LogP contribution in [0.4, 0.5) is 0 Å². The molecule has 0 bridgehead atoms. The Kier molecular flexibility index (Phi) is 4.33. The van der Waals surface area contributed by atoms with E-state index < -0.39 is 0 Å². The van der Waals surface area contributed by atoms with Crippen molar-refractivity contribution < 1.29 is 9.26 Å². The molecule has 0 radical (unpaired) electrons. The summed E-state index contributed by atoms with van der Waals surface area (Å²) in [4.78, 5) is 6.96. The van der Waals surface area contributed by atoms with Crippen LogP contribution < -0.4 is 5.32 Å². The lowest BCUT2D eigenvalue weighted by Gasteiger charge is -2.22. The molecule has 1 aromatic heterocycles. The van der Waals surface area contributed by atoms with Crippen LogP contribution in [0.1, 0.15) is 43.8 Å². The molecule has 3 rings (SSSR count). The van der Waals surface area contributed by atoms with Crippen LogP contribution in [0.2, 0.25) is 0 Å². The van der Waals surface area contributed by atoms with E-state index in [1.54, 1.807) is 7.11 Å². The molecule has 6 heteroatoms. The molecule has 6 nitrogen and oxygen atoms in total. The first-order chi connectivity index (χ1) is 9.82. The zero-order valence-electron chi connectivity index (χ0n) is 12.2. The monoisotopic (exact) mass is 280 g/mol. The Labute approximate surface area is 119 Å². The number of methoxy groups -OCH3 is 1. The molecular formula is C14H24N4O2. The molecule has 2 heterocycles. The molecule has 1 saturated heterocycles. The third-order valence-electron chi connectivity index (χ3n) is 4.47. The van der Waals surface area contributed by atoms with Gasteiger partial charge in [0.05, 0.1) is 6.54 Å². The summed E-state index contributed by atoms with van der Waals surface area (Å²) in [5, 5.41) is 7.58. The van der Waals surface area contributed by atoms with Crippen molar-refractivity contribution in [2.24, 2.45) is 0 Å². The van der Waals surface area contributed by atoms with Crippen molar-refractivity contribution in [2.75, 3.05) is 33.3 Å². The molecule has 1 aliphatic heterocycles. The van der Waals surface area contributed by atoms with Gasteiger partial charge in [0, 0.05) is 20.2 Å². The predicted octanol–water partition coefficient (Wildman–Crippen LogP) is 1.28. The smallest absolute Gasteiger partial charge is 0.240 e. The maximum atomic E-state index is 5.70. The van der Waals surface area contributed by atoms with Gasteiger partial charge in [-0.15, -0.1) is 0 Å². The van der Waals surface area contributed by atoms with Gasteiger partial charge in [-0.1, -0.05) is 5.16 Å². The quantitative estimate of drug-likeness (QED) is 0.896. The summed E-state index contributed by atoms with van der Waals surface area (Å²) in [6.07, 6.45) is 5.51. The number of rotatable bonds is 4. The summed E-state index contributed by atoms with van der Waals surface area (Å²) >= 11 is 0. The first-order valence-corrected chi connectivity index (χ1v) is 7.64. The first-order valence-electron chi connectivity index (χ1n) is 7.64. The highest BCUT2D eigenvalue weighted by atomic mass is 16.5. The van der Waals surface area contributed by atoms with E-state index in [-0.39, 0.29) is 5.60 Å². The lowest BCUT2D eigenvalue weighted by molar-refractivity contribution is -0.0178. The normalized spacial score (nSPS) is 23.9. The molecule has 112 valence electrons. The molecule has 1 aliphatic carbocycles. The number of hydrogen-bond acceptors (Lipinski definition) is 6. The lowest BCUT2D eigenvalue weighted by Crippen LogP contribution is -2.28. The largest absolute Gasteiger partial charge is 0.370 e. The summed E-state index contributed by atoms with van der Waals surface area (Å²) in [7, 11) is 1.75. The van der Waals surface area contributed by atoms with Gasteiger partial charge < -0.3 is 14.6 Å². The van der Waals surface area contributed by atoms with Gasteiger partial charge in [-0.3, -0.25) is 4.90 Å². The number of nitrogens with one attached hydrogen (secondary N) is 1. The summed E-state index contributed by atoms with van der Waals surface area (Å²) in [5.74, 6) is 1.45. The minimum absolute atomic E-state index is 0.303. The summed E-state index contributed by atoms with van der Waals surface area (Å²) in [6.45, 7) is 4.99. The van der Waals surface area contributed by atoms with Gasteiger partial charge in [-0.2, -0.15) is 4.98 Å². The van der Waals surface area contributed by atoms with E-state index >= 15 is 0 Å². The molecule has 0 spiro atoms. The van der Waals surface area contributed by atoms with E-state index in [1.165, 1.54) is 19.3 Å². The summed E-state index contributed by atoms with van der Waals surface area (Å²) < 4.78 is 11.1. The van der Waals surface area contributed by atoms with Gasteiger partial charge in [0.15, 0.2) is 0 Å². The molecule has 0 unspecified atom stereocenters. The Hall–Kier alpha value is -0.980. The van der Waals surface area contributed by atoms with Crippen molar-refractivity contribution in [2.45, 2.75) is 44.2 Å². The molecule has 20 heavy (non-hydrogen) atoms. The summed E-state index contributed by atoms with van der Waals surface area (Å²) in [6, 6.07) is 0. The molecule has 2 fully saturated rings. The van der Waals surface area contributed by atoms with Crippen molar-refractivity contribution in [1.82, 2.24) is 20.4 Å². The third-order valence-corrected chi connectivity index (χ3v) is 4.47. The molecule has 0 atom stereocenters. The molecule has 2 aliphatic rings. The minimum atomic E-state index is -0.303. The molecule has 1 N–H and O–H groups in total. The fourth-order valence-electron chi connectivity index (χ4n) is 3.22. The van der Waals surface area contributed by atoms with Crippen LogP contribution in [0.15, 0.2) is 4.52 Å². The van der Waals surface area contributed by atoms with Crippen LogP contribution in [0.5, 0.6) is 0 Å². The highest BCUT2D eigenvalue weighted by Crippen LogP contribution is 2.40. The Morgan fingerprint density at radius 3 is 2.90 bits per heavy atom. The average molecular weight is 280 g/mol. The SMILES string of the molecule is COC1(c2noc(CN3CCCNCC3)n2)CCCC1. The van der Waals surface area contributed by atoms with Crippen molar-refractivity contribution in [3.8, 4) is 0 Å². The molecule has 1 aromatic rings. The predicted molar refractivity (Wildman–Crippen MR) is 74.2 cm³/mol. The highest BCUT2D eigenvalue weighted by Gasteiger charge is 2.40. The number of aromatic nitrogens is 2. The first kappa shape index (κ1) is 14.0. The topological polar surface area (TPSA) is 63.4 Å². The van der Waals surface area contributed by atoms with Crippen LogP contribution in [0.3, 0.4) is 0 Å². The Bertz CT molecular complexity index is 421. The average Bonchev–Trinajstić information content (AvgIpc) is 3.05. The number of hydrogen-bond donors (Lipinski definition) is 1. The van der Waals surface area contributed by atoms with Crippen LogP contribution in [0.25, 0.3) is 0 Å². The minimum Gasteiger partial charge on any atom is -0.370 e. The number of ether oxygens (including phenoxy) is 1. The zero-order chi connectivity index (χ0) is 13.8. The molecular weight excluding hydrogens is 256 g/mol. The van der Waals surface area contributed by atoms with Gasteiger partial charge in [-0.25, -0.2) is 0 Å². The van der Waals surface area contributed by atoms with Gasteiger partial charge in [0.1, 0.15) is 5.60 Å². The second-order valence-corrected chi connectivity index (χ2v) is 5.80.